The summed E-state index contributed by atoms with van der Waals surface area (Å²) >= 11 is 2.73. The summed E-state index contributed by atoms with van der Waals surface area (Å²) in [4.78, 5) is 30.0. The number of nitrogens with one attached hydrogen (secondary N) is 2. The number of aliphatic hydroxyl groups excluding tert-OH is 1. The highest BCUT2D eigenvalue weighted by Gasteiger charge is 2.21. The summed E-state index contributed by atoms with van der Waals surface area (Å²) in [7, 11) is 1.86. The van der Waals surface area contributed by atoms with Gasteiger partial charge in [0.1, 0.15) is 4.83 Å². The number of aryl methyl sites for hydroxylation is 2. The van der Waals surface area contributed by atoms with E-state index in [1.165, 1.54) is 22.7 Å². The third kappa shape index (κ3) is 4.62. The molecular formula is C22H25N7O3S2. The number of carbonyl (C=O) groups is 2. The maximum absolute atomic E-state index is 13.0. The molecule has 4 aromatic rings. The maximum atomic E-state index is 13.0. The van der Waals surface area contributed by atoms with Gasteiger partial charge in [-0.05, 0) is 25.0 Å². The number of rotatable bonds is 7. The minimum atomic E-state index is -0.268. The molecule has 0 bridgehead atoms. The molecule has 12 heteroatoms. The van der Waals surface area contributed by atoms with E-state index < -0.39 is 0 Å². The van der Waals surface area contributed by atoms with Crippen molar-refractivity contribution in [2.45, 2.75) is 19.4 Å². The topological polar surface area (TPSA) is 117 Å². The van der Waals surface area contributed by atoms with Crippen LogP contribution < -0.4 is 10.6 Å². The minimum Gasteiger partial charge on any atom is -0.392 e. The van der Waals surface area contributed by atoms with E-state index in [0.717, 1.165) is 33.8 Å². The Morgan fingerprint density at radius 1 is 1.21 bits per heavy atom. The van der Waals surface area contributed by atoms with Gasteiger partial charge in [-0.2, -0.15) is 10.2 Å². The predicted octanol–water partition coefficient (Wildman–Crippen LogP) is 2.21. The van der Waals surface area contributed by atoms with Gasteiger partial charge in [0.2, 0.25) is 0 Å². The first-order chi connectivity index (χ1) is 16.4. The fraction of sp³-hybridized carbons (Fsp3) is 0.364. The number of aromatic nitrogens is 4. The van der Waals surface area contributed by atoms with Crippen LogP contribution in [0.2, 0.25) is 0 Å². The molecule has 0 saturated carbocycles. The van der Waals surface area contributed by atoms with E-state index in [0.29, 0.717) is 35.1 Å². The number of β-amino-alcohol motifs (C(OH)–C–C–N with tert-alkyl or cyclic N) is 1. The van der Waals surface area contributed by atoms with Gasteiger partial charge in [-0.1, -0.05) is 0 Å². The Bertz CT molecular complexity index is 1350. The number of aliphatic hydroxyl groups is 1. The molecule has 2 amide bonds. The Kier molecular flexibility index (Phi) is 6.21. The van der Waals surface area contributed by atoms with Gasteiger partial charge in [-0.3, -0.25) is 19.2 Å². The third-order valence-electron chi connectivity index (χ3n) is 5.76. The van der Waals surface area contributed by atoms with Crippen molar-refractivity contribution in [3.8, 4) is 10.4 Å². The smallest absolute Gasteiger partial charge is 0.261 e. The van der Waals surface area contributed by atoms with Crippen molar-refractivity contribution < 1.29 is 14.7 Å². The van der Waals surface area contributed by atoms with Crippen molar-refractivity contribution in [3.63, 3.8) is 0 Å². The van der Waals surface area contributed by atoms with E-state index >= 15 is 0 Å². The summed E-state index contributed by atoms with van der Waals surface area (Å²) in [5, 5.41) is 24.6. The second kappa shape index (κ2) is 9.29. The SMILES string of the molecule is Cc1cc(C(=O)NCCN2CC[C@H](O)C2)sc1NC(=O)c1cnn2cc(-c3cnn(C)c3)sc12. The van der Waals surface area contributed by atoms with Crippen LogP contribution in [0.15, 0.2) is 30.9 Å². The summed E-state index contributed by atoms with van der Waals surface area (Å²) in [6.07, 6.45) is 7.65. The first-order valence-corrected chi connectivity index (χ1v) is 12.6. The van der Waals surface area contributed by atoms with Gasteiger partial charge in [0, 0.05) is 51.2 Å². The Morgan fingerprint density at radius 3 is 2.79 bits per heavy atom. The average molecular weight is 500 g/mol. The van der Waals surface area contributed by atoms with E-state index in [1.54, 1.807) is 27.7 Å². The molecule has 10 nitrogen and oxygen atoms in total. The van der Waals surface area contributed by atoms with Crippen LogP contribution in [-0.4, -0.2) is 73.5 Å². The Labute approximate surface area is 203 Å². The normalized spacial score (nSPS) is 16.4. The highest BCUT2D eigenvalue weighted by atomic mass is 32.1. The van der Waals surface area contributed by atoms with Crippen molar-refractivity contribution in [2.24, 2.45) is 7.05 Å². The lowest BCUT2D eigenvalue weighted by atomic mass is 10.3. The van der Waals surface area contributed by atoms with Gasteiger partial charge in [-0.25, -0.2) is 4.52 Å². The van der Waals surface area contributed by atoms with Crippen molar-refractivity contribution in [2.75, 3.05) is 31.5 Å². The molecule has 0 spiro atoms. The quantitative estimate of drug-likeness (QED) is 0.359. The zero-order chi connectivity index (χ0) is 23.8. The summed E-state index contributed by atoms with van der Waals surface area (Å²) in [5.41, 5.74) is 2.28. The highest BCUT2D eigenvalue weighted by Crippen LogP contribution is 2.32. The number of likely N-dealkylation sites (tertiary alicyclic amines) is 1. The minimum absolute atomic E-state index is 0.166. The van der Waals surface area contributed by atoms with Gasteiger partial charge in [-0.15, -0.1) is 22.7 Å². The Balaban J connectivity index is 1.24. The van der Waals surface area contributed by atoms with Crippen LogP contribution in [-0.2, 0) is 7.05 Å². The van der Waals surface area contributed by atoms with Crippen LogP contribution in [0.25, 0.3) is 15.3 Å². The summed E-state index contributed by atoms with van der Waals surface area (Å²) < 4.78 is 3.43. The molecule has 1 aliphatic rings. The van der Waals surface area contributed by atoms with Gasteiger partial charge in [0.15, 0.2) is 0 Å². The first kappa shape index (κ1) is 22.7. The fourth-order valence-corrected chi connectivity index (χ4v) is 5.96. The molecular weight excluding hydrogens is 474 g/mol. The molecule has 1 atom stereocenters. The van der Waals surface area contributed by atoms with Crippen molar-refractivity contribution >= 4 is 44.3 Å². The summed E-state index contributed by atoms with van der Waals surface area (Å²) in [5.74, 6) is -0.431. The summed E-state index contributed by atoms with van der Waals surface area (Å²) in [6, 6.07) is 1.79. The van der Waals surface area contributed by atoms with Gasteiger partial charge in [0.25, 0.3) is 11.8 Å². The predicted molar refractivity (Wildman–Crippen MR) is 132 cm³/mol. The molecule has 1 aliphatic heterocycles. The monoisotopic (exact) mass is 499 g/mol. The first-order valence-electron chi connectivity index (χ1n) is 10.9. The van der Waals surface area contributed by atoms with E-state index in [2.05, 4.69) is 25.7 Å². The van der Waals surface area contributed by atoms with E-state index in [-0.39, 0.29) is 17.9 Å². The lowest BCUT2D eigenvalue weighted by Crippen LogP contribution is -2.33. The average Bonchev–Trinajstić information content (AvgIpc) is 3.59. The number of nitrogens with zero attached hydrogens (tertiary/aromatic N) is 5. The molecule has 0 aliphatic carbocycles. The van der Waals surface area contributed by atoms with Crippen molar-refractivity contribution in [1.82, 2.24) is 29.6 Å². The molecule has 0 unspecified atom stereocenters. The van der Waals surface area contributed by atoms with Crippen LogP contribution in [0.1, 0.15) is 32.0 Å². The number of amides is 2. The number of thiazole rings is 1. The fourth-order valence-electron chi connectivity index (χ4n) is 3.94. The third-order valence-corrected chi connectivity index (χ3v) is 8.07. The number of hydrogen-bond donors (Lipinski definition) is 3. The van der Waals surface area contributed by atoms with Gasteiger partial charge in [0.05, 0.1) is 38.8 Å². The van der Waals surface area contributed by atoms with Gasteiger partial charge < -0.3 is 15.7 Å². The molecule has 5 rings (SSSR count). The zero-order valence-electron chi connectivity index (χ0n) is 18.8. The van der Waals surface area contributed by atoms with E-state index in [1.807, 2.05) is 26.4 Å². The molecule has 178 valence electrons. The van der Waals surface area contributed by atoms with Crippen LogP contribution in [0.5, 0.6) is 0 Å². The van der Waals surface area contributed by atoms with Crippen LogP contribution in [0.3, 0.4) is 0 Å². The molecule has 4 aromatic heterocycles. The number of carbonyl (C=O) groups excluding carboxylic acids is 2. The molecule has 34 heavy (non-hydrogen) atoms. The van der Waals surface area contributed by atoms with Crippen LogP contribution >= 0.6 is 22.7 Å². The molecule has 0 aromatic carbocycles. The number of fused-ring (bicyclic) bond motifs is 1. The number of anilines is 1. The molecule has 1 fully saturated rings. The number of thiophene rings is 1. The lowest BCUT2D eigenvalue weighted by Gasteiger charge is -2.14. The molecule has 5 heterocycles. The van der Waals surface area contributed by atoms with Crippen molar-refractivity contribution in [3.05, 3.63) is 46.9 Å². The van der Waals surface area contributed by atoms with Crippen LogP contribution in [0, 0.1) is 6.92 Å². The van der Waals surface area contributed by atoms with Gasteiger partial charge >= 0.3 is 0 Å². The zero-order valence-corrected chi connectivity index (χ0v) is 20.4. The Hall–Kier alpha value is -3.06. The molecule has 3 N–H and O–H groups in total. The largest absolute Gasteiger partial charge is 0.392 e. The highest BCUT2D eigenvalue weighted by molar-refractivity contribution is 7.21. The number of hydrogen-bond acceptors (Lipinski definition) is 8. The molecule has 0 radical (unpaired) electrons. The molecule has 1 saturated heterocycles. The summed E-state index contributed by atoms with van der Waals surface area (Å²) in [6.45, 7) is 4.59. The van der Waals surface area contributed by atoms with E-state index in [4.69, 9.17) is 0 Å². The van der Waals surface area contributed by atoms with Crippen molar-refractivity contribution in [1.29, 1.82) is 0 Å². The maximum Gasteiger partial charge on any atom is 0.261 e. The second-order valence-corrected chi connectivity index (χ2v) is 10.5. The second-order valence-electron chi connectivity index (χ2n) is 8.38. The van der Waals surface area contributed by atoms with Crippen LogP contribution in [0.4, 0.5) is 5.00 Å². The lowest BCUT2D eigenvalue weighted by molar-refractivity contribution is 0.0952. The standard InChI is InChI=1S/C22H25N7O3S2/c1-13-7-17(20(32)23-4-6-28-5-3-15(30)11-28)33-21(13)26-19(31)16-9-25-29-12-18(34-22(16)29)14-8-24-27(2)10-14/h7-10,12,15,30H,3-6,11H2,1-2H3,(H,23,32)(H,26,31)/t15-/m0/s1. The Morgan fingerprint density at radius 2 is 2.06 bits per heavy atom. The van der Waals surface area contributed by atoms with E-state index in [9.17, 15) is 14.7 Å².